The molecule has 4 aromatic rings. The molecule has 6 nitrogen and oxygen atoms in total. The Kier molecular flexibility index (Phi) is 4.42. The van der Waals surface area contributed by atoms with Crippen molar-refractivity contribution in [1.29, 1.82) is 5.26 Å². The van der Waals surface area contributed by atoms with Crippen molar-refractivity contribution in [3.8, 4) is 22.9 Å². The van der Waals surface area contributed by atoms with Crippen molar-refractivity contribution in [1.82, 2.24) is 15.0 Å². The average Bonchev–Trinajstić information content (AvgIpc) is 3.41. The van der Waals surface area contributed by atoms with Gasteiger partial charge in [-0.15, -0.1) is 0 Å². The Morgan fingerprint density at radius 2 is 2.09 bits per heavy atom. The van der Waals surface area contributed by atoms with Gasteiger partial charge in [0.1, 0.15) is 5.75 Å². The van der Waals surface area contributed by atoms with Crippen LogP contribution in [0.2, 0.25) is 5.02 Å². The van der Waals surface area contributed by atoms with Crippen LogP contribution in [0.5, 0.6) is 5.75 Å². The summed E-state index contributed by atoms with van der Waals surface area (Å²) in [5, 5.41) is 15.1. The molecule has 6 rings (SSSR count). The van der Waals surface area contributed by atoms with Crippen molar-refractivity contribution in [3.05, 3.63) is 75.8 Å². The SMILES string of the molecule is CN1CCc2noc(C3Cc4cc(Cl)cc(-c5ccnc6cc(C#N)ccc56)c4O3)c2C1. The highest BCUT2D eigenvalue weighted by Crippen LogP contribution is 2.47. The summed E-state index contributed by atoms with van der Waals surface area (Å²) in [6.45, 7) is 1.79. The minimum absolute atomic E-state index is 0.233. The number of rotatable bonds is 2. The highest BCUT2D eigenvalue weighted by molar-refractivity contribution is 6.31. The molecule has 0 radical (unpaired) electrons. The Morgan fingerprint density at radius 1 is 1.19 bits per heavy atom. The van der Waals surface area contributed by atoms with Crippen molar-refractivity contribution < 1.29 is 9.26 Å². The van der Waals surface area contributed by atoms with Crippen molar-refractivity contribution in [2.24, 2.45) is 0 Å². The first-order chi connectivity index (χ1) is 15.6. The predicted octanol–water partition coefficient (Wildman–Crippen LogP) is 5.08. The lowest BCUT2D eigenvalue weighted by molar-refractivity contribution is 0.187. The Morgan fingerprint density at radius 3 is 2.97 bits per heavy atom. The molecule has 2 aromatic heterocycles. The molecule has 0 aliphatic carbocycles. The number of halogens is 1. The second-order valence-corrected chi connectivity index (χ2v) is 8.85. The van der Waals surface area contributed by atoms with Gasteiger partial charge in [-0.05, 0) is 42.9 Å². The topological polar surface area (TPSA) is 75.2 Å². The van der Waals surface area contributed by atoms with Gasteiger partial charge in [-0.1, -0.05) is 22.8 Å². The standard InChI is InChI=1S/C25H19ClN4O2/c1-30-7-5-21-20(13-30)25(32-29-21)23-10-15-9-16(26)11-19(24(15)31-23)17-4-6-28-22-8-14(12-27)2-3-18(17)22/h2-4,6,8-9,11,23H,5,7,10,13H2,1H3. The number of pyridine rings is 1. The Hall–Kier alpha value is -3.40. The van der Waals surface area contributed by atoms with Gasteiger partial charge < -0.3 is 14.2 Å². The van der Waals surface area contributed by atoms with Crippen LogP contribution in [-0.4, -0.2) is 28.6 Å². The van der Waals surface area contributed by atoms with Crippen LogP contribution >= 0.6 is 11.6 Å². The van der Waals surface area contributed by atoms with Gasteiger partial charge in [-0.2, -0.15) is 5.26 Å². The molecule has 1 unspecified atom stereocenters. The van der Waals surface area contributed by atoms with Gasteiger partial charge in [-0.25, -0.2) is 0 Å². The summed E-state index contributed by atoms with van der Waals surface area (Å²) in [6, 6.07) is 13.6. The first kappa shape index (κ1) is 19.3. The summed E-state index contributed by atoms with van der Waals surface area (Å²) in [7, 11) is 2.11. The Labute approximate surface area is 190 Å². The lowest BCUT2D eigenvalue weighted by atomic mass is 9.96. The monoisotopic (exact) mass is 442 g/mol. The largest absolute Gasteiger partial charge is 0.481 e. The van der Waals surface area contributed by atoms with Crippen molar-refractivity contribution in [3.63, 3.8) is 0 Å². The summed E-state index contributed by atoms with van der Waals surface area (Å²) in [5.41, 5.74) is 6.44. The van der Waals surface area contributed by atoms with E-state index in [9.17, 15) is 5.26 Å². The smallest absolute Gasteiger partial charge is 0.182 e. The number of fused-ring (bicyclic) bond motifs is 3. The number of nitriles is 1. The zero-order valence-electron chi connectivity index (χ0n) is 17.4. The van der Waals surface area contributed by atoms with Gasteiger partial charge in [0.2, 0.25) is 0 Å². The molecule has 0 spiro atoms. The highest BCUT2D eigenvalue weighted by atomic mass is 35.5. The van der Waals surface area contributed by atoms with Crippen LogP contribution in [-0.2, 0) is 19.4 Å². The average molecular weight is 443 g/mol. The second kappa shape index (κ2) is 7.33. The molecule has 7 heteroatoms. The number of aromatic nitrogens is 2. The van der Waals surface area contributed by atoms with E-state index in [1.165, 1.54) is 0 Å². The van der Waals surface area contributed by atoms with Crippen molar-refractivity contribution in [2.75, 3.05) is 13.6 Å². The molecule has 1 atom stereocenters. The fraction of sp³-hybridized carbons (Fsp3) is 0.240. The van der Waals surface area contributed by atoms with Crippen LogP contribution in [0.4, 0.5) is 0 Å². The molecule has 0 saturated heterocycles. The van der Waals surface area contributed by atoms with Gasteiger partial charge in [0.15, 0.2) is 11.9 Å². The number of hydrogen-bond donors (Lipinski definition) is 0. The van der Waals surface area contributed by atoms with Gasteiger partial charge in [0, 0.05) is 59.2 Å². The van der Waals surface area contributed by atoms with Crippen LogP contribution in [0.1, 0.15) is 34.2 Å². The first-order valence-corrected chi connectivity index (χ1v) is 10.9. The van der Waals surface area contributed by atoms with E-state index in [-0.39, 0.29) is 6.10 Å². The maximum atomic E-state index is 9.23. The van der Waals surface area contributed by atoms with E-state index in [4.69, 9.17) is 20.9 Å². The maximum absolute atomic E-state index is 9.23. The highest BCUT2D eigenvalue weighted by Gasteiger charge is 2.35. The summed E-state index contributed by atoms with van der Waals surface area (Å²) < 4.78 is 12.3. The lowest BCUT2D eigenvalue weighted by Gasteiger charge is -2.22. The molecular weight excluding hydrogens is 424 g/mol. The van der Waals surface area contributed by atoms with Gasteiger partial charge in [-0.3, -0.25) is 4.98 Å². The zero-order valence-corrected chi connectivity index (χ0v) is 18.2. The minimum Gasteiger partial charge on any atom is -0.481 e. The van der Waals surface area contributed by atoms with E-state index in [1.807, 2.05) is 24.3 Å². The number of nitrogens with zero attached hydrogens (tertiary/aromatic N) is 4. The van der Waals surface area contributed by atoms with Crippen LogP contribution < -0.4 is 4.74 Å². The molecule has 32 heavy (non-hydrogen) atoms. The second-order valence-electron chi connectivity index (χ2n) is 8.41. The Balaban J connectivity index is 1.45. The fourth-order valence-electron chi connectivity index (χ4n) is 4.74. The number of ether oxygens (including phenoxy) is 1. The molecule has 0 fully saturated rings. The molecule has 0 saturated carbocycles. The van der Waals surface area contributed by atoms with Crippen LogP contribution in [0.3, 0.4) is 0 Å². The number of likely N-dealkylation sites (N-methyl/N-ethyl adjacent to an activating group) is 1. The minimum atomic E-state index is -0.233. The van der Waals surface area contributed by atoms with Gasteiger partial charge >= 0.3 is 0 Å². The van der Waals surface area contributed by atoms with Gasteiger partial charge in [0.05, 0.1) is 22.8 Å². The number of hydrogen-bond acceptors (Lipinski definition) is 6. The van der Waals surface area contributed by atoms with E-state index in [1.54, 1.807) is 18.3 Å². The quantitative estimate of drug-likeness (QED) is 0.431. The lowest BCUT2D eigenvalue weighted by Crippen LogP contribution is -2.27. The molecule has 4 heterocycles. The third-order valence-corrected chi connectivity index (χ3v) is 6.53. The fourth-order valence-corrected chi connectivity index (χ4v) is 4.99. The first-order valence-electron chi connectivity index (χ1n) is 10.5. The predicted molar refractivity (Wildman–Crippen MR) is 121 cm³/mol. The van der Waals surface area contributed by atoms with Crippen LogP contribution in [0, 0.1) is 11.3 Å². The van der Waals surface area contributed by atoms with Crippen molar-refractivity contribution in [2.45, 2.75) is 25.5 Å². The van der Waals surface area contributed by atoms with E-state index < -0.39 is 0 Å². The van der Waals surface area contributed by atoms with E-state index in [0.717, 1.165) is 69.9 Å². The molecule has 2 aliphatic heterocycles. The molecule has 2 aliphatic rings. The molecular formula is C25H19ClN4O2. The summed E-state index contributed by atoms with van der Waals surface area (Å²) in [6.07, 6.45) is 3.08. The summed E-state index contributed by atoms with van der Waals surface area (Å²) in [5.74, 6) is 1.62. The third kappa shape index (κ3) is 3.05. The van der Waals surface area contributed by atoms with E-state index in [2.05, 4.69) is 28.2 Å². The number of benzene rings is 2. The molecule has 0 bridgehead atoms. The summed E-state index contributed by atoms with van der Waals surface area (Å²) >= 11 is 6.53. The maximum Gasteiger partial charge on any atom is 0.182 e. The molecule has 2 aromatic carbocycles. The van der Waals surface area contributed by atoms with Crippen LogP contribution in [0.25, 0.3) is 22.0 Å². The van der Waals surface area contributed by atoms with Crippen LogP contribution in [0.15, 0.2) is 47.1 Å². The van der Waals surface area contributed by atoms with E-state index in [0.29, 0.717) is 17.0 Å². The third-order valence-electron chi connectivity index (χ3n) is 6.31. The molecule has 0 N–H and O–H groups in total. The molecule has 0 amide bonds. The normalized spacial score (nSPS) is 17.6. The van der Waals surface area contributed by atoms with E-state index >= 15 is 0 Å². The summed E-state index contributed by atoms with van der Waals surface area (Å²) in [4.78, 5) is 6.72. The zero-order chi connectivity index (χ0) is 21.8. The molecule has 158 valence electrons. The Bertz CT molecular complexity index is 1420. The van der Waals surface area contributed by atoms with Gasteiger partial charge in [0.25, 0.3) is 0 Å². The van der Waals surface area contributed by atoms with Crippen molar-refractivity contribution >= 4 is 22.5 Å².